The third-order valence-electron chi connectivity index (χ3n) is 3.85. The third kappa shape index (κ3) is 2.97. The molecule has 1 aliphatic rings. The molecule has 1 aromatic heterocycles. The minimum Gasteiger partial charge on any atom is -0.457 e. The number of nitrogens with zero attached hydrogens (tertiary/aromatic N) is 1. The lowest BCUT2D eigenvalue weighted by Crippen LogP contribution is -2.32. The molecule has 1 fully saturated rings. The number of rotatable bonds is 2. The van der Waals surface area contributed by atoms with E-state index in [0.717, 1.165) is 31.8 Å². The van der Waals surface area contributed by atoms with Crippen molar-refractivity contribution in [3.63, 3.8) is 0 Å². The van der Waals surface area contributed by atoms with Gasteiger partial charge in [-0.2, -0.15) is 0 Å². The zero-order valence-corrected chi connectivity index (χ0v) is 12.6. The first-order chi connectivity index (χ1) is 8.59. The van der Waals surface area contributed by atoms with Crippen LogP contribution in [0.25, 0.3) is 0 Å². The minimum absolute atomic E-state index is 0.0834. The molecular weight excluding hydrogens is 294 g/mol. The van der Waals surface area contributed by atoms with Gasteiger partial charge in [0.05, 0.1) is 11.8 Å². The molecule has 0 aliphatic carbocycles. The Bertz CT molecular complexity index is 414. The van der Waals surface area contributed by atoms with E-state index in [4.69, 9.17) is 4.42 Å². The highest BCUT2D eigenvalue weighted by atomic mass is 79.9. The Kier molecular flexibility index (Phi) is 4.49. The maximum atomic E-state index is 12.3. The van der Waals surface area contributed by atoms with Crippen LogP contribution >= 0.6 is 15.9 Å². The Labute approximate surface area is 117 Å². The Hall–Kier alpha value is -0.770. The van der Waals surface area contributed by atoms with Gasteiger partial charge in [-0.3, -0.25) is 4.79 Å². The molecule has 1 aromatic rings. The molecular formula is C14H20BrNO2. The van der Waals surface area contributed by atoms with Crippen LogP contribution in [-0.4, -0.2) is 23.9 Å². The van der Waals surface area contributed by atoms with Gasteiger partial charge in [-0.15, -0.1) is 0 Å². The molecule has 0 saturated carbocycles. The zero-order chi connectivity index (χ0) is 13.1. The first-order valence-electron chi connectivity index (χ1n) is 6.62. The van der Waals surface area contributed by atoms with E-state index in [-0.39, 0.29) is 5.91 Å². The number of amides is 1. The third-order valence-corrected chi connectivity index (χ3v) is 4.47. The van der Waals surface area contributed by atoms with Crippen molar-refractivity contribution >= 4 is 21.8 Å². The van der Waals surface area contributed by atoms with Crippen molar-refractivity contribution in [3.05, 3.63) is 22.6 Å². The molecule has 0 bridgehead atoms. The number of halogens is 1. The molecule has 1 unspecified atom stereocenters. The van der Waals surface area contributed by atoms with Gasteiger partial charge in [0.25, 0.3) is 5.91 Å². The van der Waals surface area contributed by atoms with Crippen molar-refractivity contribution < 1.29 is 9.21 Å². The van der Waals surface area contributed by atoms with Gasteiger partial charge in [0.2, 0.25) is 0 Å². The van der Waals surface area contributed by atoms with E-state index in [0.29, 0.717) is 16.2 Å². The van der Waals surface area contributed by atoms with E-state index in [1.165, 1.54) is 6.42 Å². The molecule has 1 atom stereocenters. The highest BCUT2D eigenvalue weighted by molar-refractivity contribution is 9.10. The summed E-state index contributed by atoms with van der Waals surface area (Å²) in [5.74, 6) is 1.54. The second-order valence-corrected chi connectivity index (χ2v) is 6.06. The van der Waals surface area contributed by atoms with Crippen LogP contribution in [0.3, 0.4) is 0 Å². The van der Waals surface area contributed by atoms with Gasteiger partial charge in [-0.1, -0.05) is 13.8 Å². The zero-order valence-electron chi connectivity index (χ0n) is 11.0. The van der Waals surface area contributed by atoms with Gasteiger partial charge in [-0.25, -0.2) is 0 Å². The molecule has 0 radical (unpaired) electrons. The highest BCUT2D eigenvalue weighted by Crippen LogP contribution is 2.26. The van der Waals surface area contributed by atoms with Crippen LogP contribution in [0.15, 0.2) is 21.4 Å². The Balaban J connectivity index is 2.02. The van der Waals surface area contributed by atoms with Gasteiger partial charge in [0.1, 0.15) is 0 Å². The normalized spacial score (nSPS) is 21.1. The van der Waals surface area contributed by atoms with Crippen LogP contribution in [0.2, 0.25) is 0 Å². The van der Waals surface area contributed by atoms with Gasteiger partial charge in [-0.05, 0) is 53.1 Å². The van der Waals surface area contributed by atoms with Gasteiger partial charge < -0.3 is 9.32 Å². The van der Waals surface area contributed by atoms with E-state index in [2.05, 4.69) is 29.8 Å². The van der Waals surface area contributed by atoms with Crippen LogP contribution in [0, 0.1) is 11.8 Å². The van der Waals surface area contributed by atoms with E-state index in [9.17, 15) is 4.79 Å². The lowest BCUT2D eigenvalue weighted by molar-refractivity contribution is 0.0757. The summed E-state index contributed by atoms with van der Waals surface area (Å²) in [5, 5.41) is 0. The molecule has 1 amide bonds. The number of likely N-dealkylation sites (tertiary alicyclic amines) is 1. The predicted molar refractivity (Wildman–Crippen MR) is 74.5 cm³/mol. The summed E-state index contributed by atoms with van der Waals surface area (Å²) in [6, 6.07) is 1.73. The van der Waals surface area contributed by atoms with E-state index >= 15 is 0 Å². The van der Waals surface area contributed by atoms with Crippen molar-refractivity contribution in [2.45, 2.75) is 33.1 Å². The Morgan fingerprint density at radius 3 is 2.83 bits per heavy atom. The molecule has 0 spiro atoms. The molecule has 0 N–H and O–H groups in total. The number of furan rings is 1. The number of carbonyl (C=O) groups excluding carboxylic acids is 1. The van der Waals surface area contributed by atoms with E-state index in [1.807, 2.05) is 4.90 Å². The SMILES string of the molecule is CC(C)C1CCCN(C(=O)c2ccoc2Br)CC1. The van der Waals surface area contributed by atoms with Crippen LogP contribution in [0.5, 0.6) is 0 Å². The first-order valence-corrected chi connectivity index (χ1v) is 7.41. The fourth-order valence-corrected chi connectivity index (χ4v) is 3.02. The minimum atomic E-state index is 0.0834. The summed E-state index contributed by atoms with van der Waals surface area (Å²) in [6.07, 6.45) is 4.99. The molecule has 18 heavy (non-hydrogen) atoms. The maximum Gasteiger partial charge on any atom is 0.258 e. The summed E-state index contributed by atoms with van der Waals surface area (Å²) < 4.78 is 5.68. The smallest absolute Gasteiger partial charge is 0.258 e. The van der Waals surface area contributed by atoms with Gasteiger partial charge in [0, 0.05) is 13.1 Å². The molecule has 2 rings (SSSR count). The van der Waals surface area contributed by atoms with E-state index in [1.54, 1.807) is 12.3 Å². The fraction of sp³-hybridized carbons (Fsp3) is 0.643. The number of hydrogen-bond donors (Lipinski definition) is 0. The van der Waals surface area contributed by atoms with Crippen molar-refractivity contribution in [3.8, 4) is 0 Å². The van der Waals surface area contributed by atoms with Crippen molar-refractivity contribution in [2.24, 2.45) is 11.8 Å². The molecule has 3 nitrogen and oxygen atoms in total. The largest absolute Gasteiger partial charge is 0.457 e. The molecule has 1 saturated heterocycles. The second kappa shape index (κ2) is 5.91. The first kappa shape index (κ1) is 13.7. The molecule has 4 heteroatoms. The molecule has 100 valence electrons. The van der Waals surface area contributed by atoms with Gasteiger partial charge >= 0.3 is 0 Å². The second-order valence-electron chi connectivity index (χ2n) is 5.34. The number of hydrogen-bond acceptors (Lipinski definition) is 2. The van der Waals surface area contributed by atoms with Crippen LogP contribution < -0.4 is 0 Å². The molecule has 0 aromatic carbocycles. The topological polar surface area (TPSA) is 33.5 Å². The quantitative estimate of drug-likeness (QED) is 0.828. The predicted octanol–water partition coefficient (Wildman–Crippen LogP) is 3.94. The average molecular weight is 314 g/mol. The Morgan fingerprint density at radius 1 is 1.44 bits per heavy atom. The standard InChI is InChI=1S/C14H20BrNO2/c1-10(2)11-4-3-7-16(8-5-11)14(17)12-6-9-18-13(12)15/h6,9-11H,3-5,7-8H2,1-2H3. The molecule has 1 aliphatic heterocycles. The lowest BCUT2D eigenvalue weighted by Gasteiger charge is -2.21. The summed E-state index contributed by atoms with van der Waals surface area (Å²) in [5.41, 5.74) is 0.637. The van der Waals surface area contributed by atoms with Crippen LogP contribution in [-0.2, 0) is 0 Å². The Morgan fingerprint density at radius 2 is 2.22 bits per heavy atom. The van der Waals surface area contributed by atoms with Crippen molar-refractivity contribution in [1.29, 1.82) is 0 Å². The monoisotopic (exact) mass is 313 g/mol. The maximum absolute atomic E-state index is 12.3. The summed E-state index contributed by atoms with van der Waals surface area (Å²) in [7, 11) is 0. The average Bonchev–Trinajstić information content (AvgIpc) is 2.63. The summed E-state index contributed by atoms with van der Waals surface area (Å²) in [6.45, 7) is 6.27. The van der Waals surface area contributed by atoms with Crippen LogP contribution in [0.1, 0.15) is 43.5 Å². The lowest BCUT2D eigenvalue weighted by atomic mass is 9.89. The highest BCUT2D eigenvalue weighted by Gasteiger charge is 2.24. The number of carbonyl (C=O) groups is 1. The van der Waals surface area contributed by atoms with Gasteiger partial charge in [0.15, 0.2) is 4.67 Å². The summed E-state index contributed by atoms with van der Waals surface area (Å²) in [4.78, 5) is 14.3. The summed E-state index contributed by atoms with van der Waals surface area (Å²) >= 11 is 3.27. The van der Waals surface area contributed by atoms with E-state index < -0.39 is 0 Å². The van der Waals surface area contributed by atoms with Crippen molar-refractivity contribution in [1.82, 2.24) is 4.90 Å². The van der Waals surface area contributed by atoms with Crippen LogP contribution in [0.4, 0.5) is 0 Å². The van der Waals surface area contributed by atoms with Crippen molar-refractivity contribution in [2.75, 3.05) is 13.1 Å². The fourth-order valence-electron chi connectivity index (χ4n) is 2.61. The molecule has 2 heterocycles.